The zero-order valence-electron chi connectivity index (χ0n) is 29.9. The maximum absolute atomic E-state index is 14.9. The summed E-state index contributed by atoms with van der Waals surface area (Å²) in [5.41, 5.74) is 3.69. The van der Waals surface area contributed by atoms with Crippen molar-refractivity contribution >= 4 is 37.4 Å². The first kappa shape index (κ1) is 36.7. The quantitative estimate of drug-likeness (QED) is 0.196. The molecule has 0 aromatic heterocycles. The van der Waals surface area contributed by atoms with Gasteiger partial charge in [0.25, 0.3) is 5.91 Å². The zero-order chi connectivity index (χ0) is 35.5. The Morgan fingerprint density at radius 1 is 1.10 bits per heavy atom. The number of ether oxygens (including phenoxy) is 1. The number of aliphatic hydroxyl groups is 1. The molecule has 2 aromatic rings. The third-order valence-corrected chi connectivity index (χ3v) is 12.9. The standard InChI is InChI=1S/C39H53N3O6Si/c1-27(2)12-10-13-28(3)19-21-42-33-18-17-31(41-20-11-16-35(41)44)24-32(33)39(38(42)46)29(4)37(49(5,6)47)34(48-39)25-36(45)40(22-23-43)26-30-14-8-7-9-15-30/h7-9,12,14-15,17-19,24,29,34,37,43,47H,10-11,13,16,20-23,25-26H2,1-6H3/b28-19+/t29-,34+,37-,39+/m0/s1. The van der Waals surface area contributed by atoms with Gasteiger partial charge in [-0.15, -0.1) is 0 Å². The lowest BCUT2D eigenvalue weighted by molar-refractivity contribution is -0.149. The fourth-order valence-corrected chi connectivity index (χ4v) is 10.5. The highest BCUT2D eigenvalue weighted by molar-refractivity contribution is 6.71. The number of aliphatic hydroxyl groups excluding tert-OH is 1. The van der Waals surface area contributed by atoms with Crippen LogP contribution in [-0.4, -0.2) is 73.2 Å². The van der Waals surface area contributed by atoms with Crippen LogP contribution in [0.3, 0.4) is 0 Å². The van der Waals surface area contributed by atoms with E-state index in [1.54, 1.807) is 14.7 Å². The minimum Gasteiger partial charge on any atom is -0.432 e. The molecule has 3 heterocycles. The van der Waals surface area contributed by atoms with Crippen LogP contribution in [-0.2, 0) is 31.3 Å². The van der Waals surface area contributed by atoms with E-state index in [-0.39, 0.29) is 37.3 Å². The molecule has 0 aliphatic carbocycles. The van der Waals surface area contributed by atoms with Gasteiger partial charge in [-0.3, -0.25) is 14.4 Å². The molecule has 0 bridgehead atoms. The number of anilines is 2. The molecule has 10 heteroatoms. The van der Waals surface area contributed by atoms with E-state index in [0.29, 0.717) is 31.6 Å². The maximum Gasteiger partial charge on any atom is 0.264 e. The van der Waals surface area contributed by atoms with E-state index in [2.05, 4.69) is 32.9 Å². The second-order valence-electron chi connectivity index (χ2n) is 14.7. The van der Waals surface area contributed by atoms with Crippen molar-refractivity contribution in [3.63, 3.8) is 0 Å². The predicted octanol–water partition coefficient (Wildman–Crippen LogP) is 6.06. The van der Waals surface area contributed by atoms with Crippen molar-refractivity contribution in [1.82, 2.24) is 4.90 Å². The van der Waals surface area contributed by atoms with E-state index in [9.17, 15) is 24.3 Å². The normalized spacial score (nSPS) is 23.8. The Balaban J connectivity index is 1.52. The number of amides is 3. The van der Waals surface area contributed by atoms with Crippen molar-refractivity contribution < 1.29 is 29.0 Å². The summed E-state index contributed by atoms with van der Waals surface area (Å²) in [6.07, 6.45) is 6.63. The molecule has 1 spiro atoms. The van der Waals surface area contributed by atoms with Crippen molar-refractivity contribution in [2.24, 2.45) is 5.92 Å². The van der Waals surface area contributed by atoms with Gasteiger partial charge in [-0.05, 0) is 76.9 Å². The summed E-state index contributed by atoms with van der Waals surface area (Å²) in [4.78, 5) is 58.6. The monoisotopic (exact) mass is 687 g/mol. The van der Waals surface area contributed by atoms with Crippen LogP contribution in [0.1, 0.15) is 70.9 Å². The molecule has 0 saturated carbocycles. The topological polar surface area (TPSA) is 111 Å². The van der Waals surface area contributed by atoms with Crippen LogP contribution in [0.5, 0.6) is 0 Å². The van der Waals surface area contributed by atoms with Gasteiger partial charge in [-0.2, -0.15) is 0 Å². The van der Waals surface area contributed by atoms with Gasteiger partial charge >= 0.3 is 0 Å². The lowest BCUT2D eigenvalue weighted by atomic mass is 9.82. The molecule has 0 radical (unpaired) electrons. The number of allylic oxidation sites excluding steroid dienone is 3. The maximum atomic E-state index is 14.9. The molecule has 9 nitrogen and oxygen atoms in total. The summed E-state index contributed by atoms with van der Waals surface area (Å²) in [5, 5.41) is 9.84. The summed E-state index contributed by atoms with van der Waals surface area (Å²) in [5.74, 6) is -0.800. The predicted molar refractivity (Wildman–Crippen MR) is 196 cm³/mol. The zero-order valence-corrected chi connectivity index (χ0v) is 30.9. The minimum atomic E-state index is -3.02. The van der Waals surface area contributed by atoms with Crippen LogP contribution in [0.4, 0.5) is 11.4 Å². The van der Waals surface area contributed by atoms with Crippen LogP contribution in [0.2, 0.25) is 18.6 Å². The van der Waals surface area contributed by atoms with Crippen LogP contribution in [0.25, 0.3) is 0 Å². The molecule has 264 valence electrons. The van der Waals surface area contributed by atoms with E-state index >= 15 is 0 Å². The fraction of sp³-hybridized carbons (Fsp3) is 0.513. The van der Waals surface area contributed by atoms with E-state index in [1.165, 1.54) is 11.1 Å². The Morgan fingerprint density at radius 3 is 2.47 bits per heavy atom. The van der Waals surface area contributed by atoms with Crippen molar-refractivity contribution in [2.75, 3.05) is 36.0 Å². The Hall–Kier alpha value is -3.57. The molecule has 49 heavy (non-hydrogen) atoms. The highest BCUT2D eigenvalue weighted by Crippen LogP contribution is 2.60. The molecule has 2 aromatic carbocycles. The lowest BCUT2D eigenvalue weighted by Crippen LogP contribution is -2.46. The highest BCUT2D eigenvalue weighted by Gasteiger charge is 2.66. The lowest BCUT2D eigenvalue weighted by Gasteiger charge is -2.33. The number of rotatable bonds is 13. The molecule has 2 fully saturated rings. The molecule has 0 unspecified atom stereocenters. The number of nitrogens with zero attached hydrogens (tertiary/aromatic N) is 3. The number of hydrogen-bond acceptors (Lipinski definition) is 6. The number of benzene rings is 2. The van der Waals surface area contributed by atoms with Gasteiger partial charge in [0.15, 0.2) is 13.9 Å². The van der Waals surface area contributed by atoms with Gasteiger partial charge in [-0.25, -0.2) is 0 Å². The van der Waals surface area contributed by atoms with Gasteiger partial charge < -0.3 is 29.3 Å². The van der Waals surface area contributed by atoms with Crippen LogP contribution in [0.15, 0.2) is 71.8 Å². The number of carbonyl (C=O) groups is 3. The van der Waals surface area contributed by atoms with Gasteiger partial charge in [-0.1, -0.05) is 60.6 Å². The van der Waals surface area contributed by atoms with E-state index in [0.717, 1.165) is 36.2 Å². The molecular formula is C39H53N3O6Si. The van der Waals surface area contributed by atoms with Crippen molar-refractivity contribution in [2.45, 2.75) is 96.7 Å². The van der Waals surface area contributed by atoms with E-state index in [1.807, 2.05) is 68.5 Å². The first-order valence-corrected chi connectivity index (χ1v) is 20.7. The van der Waals surface area contributed by atoms with E-state index in [4.69, 9.17) is 4.74 Å². The molecule has 3 amide bonds. The highest BCUT2D eigenvalue weighted by atomic mass is 28.4. The summed E-state index contributed by atoms with van der Waals surface area (Å²) >= 11 is 0. The Morgan fingerprint density at radius 2 is 1.84 bits per heavy atom. The SMILES string of the molecule is CC(C)=CCC/C(C)=C/CN1C(=O)[C@]2(O[C@H](CC(=O)N(CCO)Cc3ccccc3)[C@@H]([Si](C)(C)O)[C@@H]2C)c2cc(N3CCCC3=O)ccc21. The van der Waals surface area contributed by atoms with Gasteiger partial charge in [0, 0.05) is 55.3 Å². The molecule has 5 rings (SSSR count). The first-order chi connectivity index (χ1) is 23.3. The Labute approximate surface area is 292 Å². The largest absolute Gasteiger partial charge is 0.432 e. The minimum absolute atomic E-state index is 0.0309. The van der Waals surface area contributed by atoms with Gasteiger partial charge in [0.05, 0.1) is 24.8 Å². The van der Waals surface area contributed by atoms with Crippen LogP contribution >= 0.6 is 0 Å². The van der Waals surface area contributed by atoms with Crippen LogP contribution in [0, 0.1) is 5.92 Å². The smallest absolute Gasteiger partial charge is 0.264 e. The van der Waals surface area contributed by atoms with Gasteiger partial charge in [0.2, 0.25) is 11.8 Å². The van der Waals surface area contributed by atoms with Crippen molar-refractivity contribution in [3.05, 3.63) is 83.0 Å². The third-order valence-electron chi connectivity index (χ3n) is 10.4. The number of fused-ring (bicyclic) bond motifs is 2. The molecule has 2 N–H and O–H groups in total. The average Bonchev–Trinajstić information content (AvgIpc) is 3.68. The fourth-order valence-electron chi connectivity index (χ4n) is 7.99. The Bertz CT molecular complexity index is 1600. The second kappa shape index (κ2) is 15.1. The molecule has 3 aliphatic rings. The van der Waals surface area contributed by atoms with Gasteiger partial charge in [0.1, 0.15) is 0 Å². The molecular weight excluding hydrogens is 635 g/mol. The molecule has 3 aliphatic heterocycles. The summed E-state index contributed by atoms with van der Waals surface area (Å²) < 4.78 is 6.96. The average molecular weight is 688 g/mol. The third kappa shape index (κ3) is 7.62. The summed E-state index contributed by atoms with van der Waals surface area (Å²) in [6.45, 7) is 13.2. The first-order valence-electron chi connectivity index (χ1n) is 17.7. The van der Waals surface area contributed by atoms with Crippen molar-refractivity contribution in [1.29, 1.82) is 0 Å². The summed E-state index contributed by atoms with van der Waals surface area (Å²) in [7, 11) is -3.02. The molecule has 4 atom stereocenters. The van der Waals surface area contributed by atoms with Crippen molar-refractivity contribution in [3.8, 4) is 0 Å². The number of hydrogen-bond donors (Lipinski definition) is 2. The van der Waals surface area contributed by atoms with E-state index < -0.39 is 31.5 Å². The molecule has 2 saturated heterocycles. The Kier molecular flexibility index (Phi) is 11.3. The van der Waals surface area contributed by atoms with Crippen LogP contribution < -0.4 is 9.80 Å². The number of carbonyl (C=O) groups excluding carboxylic acids is 3. The summed E-state index contributed by atoms with van der Waals surface area (Å²) in [6, 6.07) is 15.4. The second-order valence-corrected chi connectivity index (χ2v) is 18.7.